The maximum absolute atomic E-state index is 6.28. The number of aryl methyl sites for hydroxylation is 1. The molecule has 1 atom stereocenters. The molecule has 1 heterocycles. The van der Waals surface area contributed by atoms with Crippen molar-refractivity contribution in [1.82, 2.24) is 14.8 Å². The zero-order valence-electron chi connectivity index (χ0n) is 12.0. The quantitative estimate of drug-likeness (QED) is 0.866. The molecule has 1 aromatic heterocycles. The Balaban J connectivity index is 2.22. The third kappa shape index (κ3) is 2.91. The van der Waals surface area contributed by atoms with Crippen LogP contribution in [0.2, 0.25) is 0 Å². The van der Waals surface area contributed by atoms with E-state index in [1.54, 1.807) is 20.5 Å². The van der Waals surface area contributed by atoms with Crippen molar-refractivity contribution in [1.29, 1.82) is 0 Å². The van der Waals surface area contributed by atoms with Gasteiger partial charge in [0.25, 0.3) is 0 Å². The van der Waals surface area contributed by atoms with Gasteiger partial charge in [-0.2, -0.15) is 5.10 Å². The molecule has 20 heavy (non-hydrogen) atoms. The lowest BCUT2D eigenvalue weighted by atomic mass is 10.0. The molecule has 0 aliphatic rings. The predicted octanol–water partition coefficient (Wildman–Crippen LogP) is 1.56. The first kappa shape index (κ1) is 14.3. The Morgan fingerprint density at radius 1 is 1.30 bits per heavy atom. The number of aromatic nitrogens is 3. The first-order chi connectivity index (χ1) is 9.69. The summed E-state index contributed by atoms with van der Waals surface area (Å²) in [6.45, 7) is 2.81. The van der Waals surface area contributed by atoms with Gasteiger partial charge >= 0.3 is 0 Å². The summed E-state index contributed by atoms with van der Waals surface area (Å²) < 4.78 is 12.4. The van der Waals surface area contributed by atoms with Crippen molar-refractivity contribution in [3.8, 4) is 11.5 Å². The molecule has 0 aliphatic carbocycles. The van der Waals surface area contributed by atoms with Gasteiger partial charge in [-0.25, -0.2) is 4.98 Å². The Morgan fingerprint density at radius 3 is 2.75 bits per heavy atom. The number of ether oxygens (including phenoxy) is 2. The van der Waals surface area contributed by atoms with Gasteiger partial charge in [0.05, 0.1) is 14.2 Å². The summed E-state index contributed by atoms with van der Waals surface area (Å²) >= 11 is 0. The molecule has 0 amide bonds. The van der Waals surface area contributed by atoms with Gasteiger partial charge in [-0.1, -0.05) is 6.07 Å². The number of benzene rings is 1. The minimum atomic E-state index is -0.203. The molecule has 0 fully saturated rings. The number of hydrogen-bond donors (Lipinski definition) is 1. The van der Waals surface area contributed by atoms with E-state index in [2.05, 4.69) is 10.1 Å². The van der Waals surface area contributed by atoms with Crippen molar-refractivity contribution in [2.45, 2.75) is 25.9 Å². The zero-order valence-corrected chi connectivity index (χ0v) is 12.0. The van der Waals surface area contributed by atoms with Gasteiger partial charge in [0, 0.05) is 30.6 Å². The highest BCUT2D eigenvalue weighted by molar-refractivity contribution is 5.42. The number of nitrogens with two attached hydrogens (primary N) is 1. The standard InChI is InChI=1S/C14H20N4O2/c1-4-18-14(16-9-17-18)8-12(15)11-6-5-10(19-2)7-13(11)20-3/h5-7,9,12H,4,8,15H2,1-3H3. The molecule has 0 bridgehead atoms. The van der Waals surface area contributed by atoms with Gasteiger partial charge in [-0.05, 0) is 13.0 Å². The molecule has 2 N–H and O–H groups in total. The Labute approximate surface area is 118 Å². The summed E-state index contributed by atoms with van der Waals surface area (Å²) in [6.07, 6.45) is 2.16. The molecule has 0 radical (unpaired) electrons. The summed E-state index contributed by atoms with van der Waals surface area (Å²) in [5, 5.41) is 4.15. The molecular weight excluding hydrogens is 256 g/mol. The SMILES string of the molecule is CCn1ncnc1CC(N)c1ccc(OC)cc1OC. The lowest BCUT2D eigenvalue weighted by molar-refractivity contribution is 0.388. The van der Waals surface area contributed by atoms with E-state index in [0.717, 1.165) is 29.4 Å². The Kier molecular flexibility index (Phi) is 4.57. The van der Waals surface area contributed by atoms with Gasteiger partial charge < -0.3 is 15.2 Å². The largest absolute Gasteiger partial charge is 0.497 e. The minimum Gasteiger partial charge on any atom is -0.497 e. The third-order valence-electron chi connectivity index (χ3n) is 3.24. The summed E-state index contributed by atoms with van der Waals surface area (Å²) in [7, 11) is 3.25. The molecule has 2 rings (SSSR count). The van der Waals surface area contributed by atoms with Gasteiger partial charge in [0.15, 0.2) is 0 Å². The van der Waals surface area contributed by atoms with E-state index < -0.39 is 0 Å². The van der Waals surface area contributed by atoms with Gasteiger partial charge in [-0.15, -0.1) is 0 Å². The van der Waals surface area contributed by atoms with E-state index in [1.807, 2.05) is 29.8 Å². The molecule has 1 unspecified atom stereocenters. The molecule has 0 spiro atoms. The molecular formula is C14H20N4O2. The summed E-state index contributed by atoms with van der Waals surface area (Å²) in [6, 6.07) is 5.43. The minimum absolute atomic E-state index is 0.203. The lowest BCUT2D eigenvalue weighted by Gasteiger charge is -2.16. The van der Waals surface area contributed by atoms with E-state index in [4.69, 9.17) is 15.2 Å². The molecule has 2 aromatic rings. The molecule has 1 aromatic carbocycles. The topological polar surface area (TPSA) is 75.2 Å². The van der Waals surface area contributed by atoms with Gasteiger partial charge in [-0.3, -0.25) is 4.68 Å². The highest BCUT2D eigenvalue weighted by Crippen LogP contribution is 2.29. The van der Waals surface area contributed by atoms with E-state index in [0.29, 0.717) is 6.42 Å². The van der Waals surface area contributed by atoms with Crippen molar-refractivity contribution in [2.24, 2.45) is 5.73 Å². The van der Waals surface area contributed by atoms with Crippen molar-refractivity contribution in [3.63, 3.8) is 0 Å². The first-order valence-electron chi connectivity index (χ1n) is 6.53. The maximum atomic E-state index is 6.28. The van der Waals surface area contributed by atoms with Crippen LogP contribution in [-0.2, 0) is 13.0 Å². The summed E-state index contributed by atoms with van der Waals surface area (Å²) in [4.78, 5) is 4.25. The van der Waals surface area contributed by atoms with E-state index in [1.165, 1.54) is 0 Å². The summed E-state index contributed by atoms with van der Waals surface area (Å²) in [5.41, 5.74) is 7.21. The number of nitrogens with zero attached hydrogens (tertiary/aromatic N) is 3. The molecule has 108 valence electrons. The second-order valence-corrected chi connectivity index (χ2v) is 4.41. The Hall–Kier alpha value is -2.08. The van der Waals surface area contributed by atoms with Crippen LogP contribution in [0.4, 0.5) is 0 Å². The van der Waals surface area contributed by atoms with Crippen LogP contribution in [-0.4, -0.2) is 29.0 Å². The monoisotopic (exact) mass is 276 g/mol. The van der Waals surface area contributed by atoms with Crippen LogP contribution in [0.1, 0.15) is 24.4 Å². The van der Waals surface area contributed by atoms with Crippen LogP contribution in [0.3, 0.4) is 0 Å². The smallest absolute Gasteiger partial charge is 0.138 e. The van der Waals surface area contributed by atoms with Crippen LogP contribution < -0.4 is 15.2 Å². The average molecular weight is 276 g/mol. The lowest BCUT2D eigenvalue weighted by Crippen LogP contribution is -2.17. The predicted molar refractivity (Wildman–Crippen MR) is 75.9 cm³/mol. The molecule has 0 saturated carbocycles. The maximum Gasteiger partial charge on any atom is 0.138 e. The molecule has 6 nitrogen and oxygen atoms in total. The van der Waals surface area contributed by atoms with Crippen molar-refractivity contribution in [2.75, 3.05) is 14.2 Å². The normalized spacial score (nSPS) is 12.2. The fraction of sp³-hybridized carbons (Fsp3) is 0.429. The first-order valence-corrected chi connectivity index (χ1v) is 6.53. The molecule has 0 saturated heterocycles. The second kappa shape index (κ2) is 6.38. The Bertz CT molecular complexity index is 568. The number of methoxy groups -OCH3 is 2. The van der Waals surface area contributed by atoms with E-state index in [9.17, 15) is 0 Å². The van der Waals surface area contributed by atoms with Crippen molar-refractivity contribution >= 4 is 0 Å². The second-order valence-electron chi connectivity index (χ2n) is 4.41. The molecule has 6 heteroatoms. The van der Waals surface area contributed by atoms with Gasteiger partial charge in [0.2, 0.25) is 0 Å². The van der Waals surface area contributed by atoms with Crippen molar-refractivity contribution in [3.05, 3.63) is 35.9 Å². The van der Waals surface area contributed by atoms with Crippen LogP contribution in [0.25, 0.3) is 0 Å². The fourth-order valence-corrected chi connectivity index (χ4v) is 2.14. The zero-order chi connectivity index (χ0) is 14.5. The van der Waals surface area contributed by atoms with Crippen LogP contribution in [0.15, 0.2) is 24.5 Å². The van der Waals surface area contributed by atoms with Crippen LogP contribution >= 0.6 is 0 Å². The van der Waals surface area contributed by atoms with Crippen molar-refractivity contribution < 1.29 is 9.47 Å². The highest BCUT2D eigenvalue weighted by atomic mass is 16.5. The van der Waals surface area contributed by atoms with E-state index >= 15 is 0 Å². The Morgan fingerprint density at radius 2 is 2.10 bits per heavy atom. The molecule has 0 aliphatic heterocycles. The average Bonchev–Trinajstić information content (AvgIpc) is 2.93. The van der Waals surface area contributed by atoms with Crippen LogP contribution in [0.5, 0.6) is 11.5 Å². The van der Waals surface area contributed by atoms with Gasteiger partial charge in [0.1, 0.15) is 23.7 Å². The highest BCUT2D eigenvalue weighted by Gasteiger charge is 2.16. The van der Waals surface area contributed by atoms with E-state index in [-0.39, 0.29) is 6.04 Å². The fourth-order valence-electron chi connectivity index (χ4n) is 2.14. The number of rotatable bonds is 6. The number of hydrogen-bond acceptors (Lipinski definition) is 5. The van der Waals surface area contributed by atoms with Crippen LogP contribution in [0, 0.1) is 0 Å². The summed E-state index contributed by atoms with van der Waals surface area (Å²) in [5.74, 6) is 2.34. The third-order valence-corrected chi connectivity index (χ3v) is 3.24.